The van der Waals surface area contributed by atoms with Gasteiger partial charge in [-0.05, 0) is 36.0 Å². The van der Waals surface area contributed by atoms with E-state index >= 15 is 0 Å². The van der Waals surface area contributed by atoms with Gasteiger partial charge in [-0.25, -0.2) is 0 Å². The van der Waals surface area contributed by atoms with Crippen LogP contribution in [0.15, 0.2) is 18.2 Å². The van der Waals surface area contributed by atoms with Crippen LogP contribution in [0.25, 0.3) is 0 Å². The first kappa shape index (κ1) is 19.4. The van der Waals surface area contributed by atoms with E-state index in [4.69, 9.17) is 0 Å². The highest BCUT2D eigenvalue weighted by Gasteiger charge is 2.33. The van der Waals surface area contributed by atoms with Gasteiger partial charge in [0.05, 0.1) is 0 Å². The molecule has 2 heterocycles. The predicted molar refractivity (Wildman–Crippen MR) is 104 cm³/mol. The first-order chi connectivity index (χ1) is 12.7. The lowest BCUT2D eigenvalue weighted by Gasteiger charge is -2.36. The Morgan fingerprint density at radius 3 is 2.22 bits per heavy atom. The molecule has 1 aromatic carbocycles. The SMILES string of the molecule is Cc1cc(C(C)(C)C)ccc1C(=O)N1CCN(C(=O)C2CCC(=O)N2)CC1. The average Bonchev–Trinajstić information content (AvgIpc) is 3.06. The van der Waals surface area contributed by atoms with Crippen LogP contribution in [0.4, 0.5) is 0 Å². The number of carbonyl (C=O) groups is 3. The summed E-state index contributed by atoms with van der Waals surface area (Å²) in [5.41, 5.74) is 2.98. The topological polar surface area (TPSA) is 69.7 Å². The Hall–Kier alpha value is -2.37. The summed E-state index contributed by atoms with van der Waals surface area (Å²) in [7, 11) is 0. The van der Waals surface area contributed by atoms with Gasteiger partial charge >= 0.3 is 0 Å². The van der Waals surface area contributed by atoms with Gasteiger partial charge in [0.25, 0.3) is 5.91 Å². The number of nitrogens with one attached hydrogen (secondary N) is 1. The molecule has 1 atom stereocenters. The molecule has 146 valence electrons. The molecule has 6 nitrogen and oxygen atoms in total. The molecule has 2 saturated heterocycles. The van der Waals surface area contributed by atoms with Crippen LogP contribution >= 0.6 is 0 Å². The molecule has 0 aliphatic carbocycles. The summed E-state index contributed by atoms with van der Waals surface area (Å²) in [6.07, 6.45) is 0.981. The van der Waals surface area contributed by atoms with E-state index in [1.807, 2.05) is 24.0 Å². The molecular formula is C21H29N3O3. The van der Waals surface area contributed by atoms with Gasteiger partial charge in [0.1, 0.15) is 6.04 Å². The number of rotatable bonds is 2. The molecule has 0 spiro atoms. The molecule has 3 amide bonds. The first-order valence-corrected chi connectivity index (χ1v) is 9.65. The highest BCUT2D eigenvalue weighted by Crippen LogP contribution is 2.25. The van der Waals surface area contributed by atoms with Gasteiger partial charge in [-0.1, -0.05) is 32.9 Å². The Morgan fingerprint density at radius 2 is 1.70 bits per heavy atom. The Morgan fingerprint density at radius 1 is 1.07 bits per heavy atom. The van der Waals surface area contributed by atoms with Gasteiger partial charge < -0.3 is 15.1 Å². The number of aryl methyl sites for hydroxylation is 1. The molecular weight excluding hydrogens is 342 g/mol. The predicted octanol–water partition coefficient (Wildman–Crippen LogP) is 1.86. The number of carbonyl (C=O) groups excluding carboxylic acids is 3. The Bertz CT molecular complexity index is 758. The third-order valence-corrected chi connectivity index (χ3v) is 5.49. The molecule has 1 aromatic rings. The number of hydrogen-bond acceptors (Lipinski definition) is 3. The summed E-state index contributed by atoms with van der Waals surface area (Å²) in [6, 6.07) is 5.65. The molecule has 27 heavy (non-hydrogen) atoms. The van der Waals surface area contributed by atoms with Crippen LogP contribution in [-0.4, -0.2) is 59.7 Å². The number of benzene rings is 1. The van der Waals surface area contributed by atoms with E-state index in [1.54, 1.807) is 4.90 Å². The molecule has 0 bridgehead atoms. The lowest BCUT2D eigenvalue weighted by Crippen LogP contribution is -2.54. The van der Waals surface area contributed by atoms with Gasteiger partial charge in [-0.3, -0.25) is 14.4 Å². The maximum Gasteiger partial charge on any atom is 0.254 e. The maximum absolute atomic E-state index is 12.9. The fraction of sp³-hybridized carbons (Fsp3) is 0.571. The highest BCUT2D eigenvalue weighted by atomic mass is 16.2. The Kier molecular flexibility index (Phi) is 5.27. The summed E-state index contributed by atoms with van der Waals surface area (Å²) >= 11 is 0. The molecule has 0 aromatic heterocycles. The minimum atomic E-state index is -0.396. The minimum Gasteiger partial charge on any atom is -0.344 e. The summed E-state index contributed by atoms with van der Waals surface area (Å²) < 4.78 is 0. The van der Waals surface area contributed by atoms with Crippen LogP contribution < -0.4 is 5.32 Å². The van der Waals surface area contributed by atoms with E-state index in [0.29, 0.717) is 39.0 Å². The van der Waals surface area contributed by atoms with Gasteiger partial charge in [0, 0.05) is 38.2 Å². The van der Waals surface area contributed by atoms with Crippen LogP contribution in [0, 0.1) is 6.92 Å². The van der Waals surface area contributed by atoms with Gasteiger partial charge in [-0.15, -0.1) is 0 Å². The Labute approximate surface area is 160 Å². The maximum atomic E-state index is 12.9. The zero-order valence-electron chi connectivity index (χ0n) is 16.7. The number of nitrogens with zero attached hydrogens (tertiary/aromatic N) is 2. The Balaban J connectivity index is 1.62. The fourth-order valence-electron chi connectivity index (χ4n) is 3.69. The van der Waals surface area contributed by atoms with E-state index < -0.39 is 6.04 Å². The molecule has 1 unspecified atom stereocenters. The smallest absolute Gasteiger partial charge is 0.254 e. The number of piperazine rings is 1. The van der Waals surface area contributed by atoms with Crippen LogP contribution in [0.2, 0.25) is 0 Å². The second-order valence-electron chi connectivity index (χ2n) is 8.56. The van der Waals surface area contributed by atoms with Crippen molar-refractivity contribution in [3.8, 4) is 0 Å². The third kappa shape index (κ3) is 4.15. The van der Waals surface area contributed by atoms with E-state index in [2.05, 4.69) is 32.2 Å². The molecule has 6 heteroatoms. The quantitative estimate of drug-likeness (QED) is 0.863. The lowest BCUT2D eigenvalue weighted by molar-refractivity contribution is -0.135. The van der Waals surface area contributed by atoms with Crippen molar-refractivity contribution in [1.29, 1.82) is 0 Å². The molecule has 0 saturated carbocycles. The standard InChI is InChI=1S/C21H29N3O3/c1-14-13-15(21(2,3)4)5-6-16(14)19(26)23-9-11-24(12-10-23)20(27)17-7-8-18(25)22-17/h5-6,13,17H,7-12H2,1-4H3,(H,22,25). The fourth-order valence-corrected chi connectivity index (χ4v) is 3.69. The van der Waals surface area contributed by atoms with Crippen molar-refractivity contribution in [2.24, 2.45) is 0 Å². The molecule has 0 radical (unpaired) electrons. The van der Waals surface area contributed by atoms with Crippen molar-refractivity contribution < 1.29 is 14.4 Å². The largest absolute Gasteiger partial charge is 0.344 e. The third-order valence-electron chi connectivity index (χ3n) is 5.49. The van der Waals surface area contributed by atoms with Crippen LogP contribution in [0.5, 0.6) is 0 Å². The van der Waals surface area contributed by atoms with Crippen molar-refractivity contribution >= 4 is 17.7 Å². The first-order valence-electron chi connectivity index (χ1n) is 9.65. The molecule has 3 rings (SSSR count). The lowest BCUT2D eigenvalue weighted by atomic mass is 9.85. The zero-order chi connectivity index (χ0) is 19.8. The number of hydrogen-bond donors (Lipinski definition) is 1. The summed E-state index contributed by atoms with van der Waals surface area (Å²) in [6.45, 7) is 10.5. The molecule has 1 N–H and O–H groups in total. The van der Waals surface area contributed by atoms with Gasteiger partial charge in [-0.2, -0.15) is 0 Å². The second kappa shape index (κ2) is 7.33. The van der Waals surface area contributed by atoms with Crippen molar-refractivity contribution in [3.63, 3.8) is 0 Å². The van der Waals surface area contributed by atoms with Crippen LogP contribution in [-0.2, 0) is 15.0 Å². The van der Waals surface area contributed by atoms with Crippen LogP contribution in [0.3, 0.4) is 0 Å². The second-order valence-corrected chi connectivity index (χ2v) is 8.56. The molecule has 2 aliphatic heterocycles. The van der Waals surface area contributed by atoms with Gasteiger partial charge in [0.15, 0.2) is 0 Å². The summed E-state index contributed by atoms with van der Waals surface area (Å²) in [5, 5.41) is 2.72. The minimum absolute atomic E-state index is 0.0224. The molecule has 2 fully saturated rings. The zero-order valence-corrected chi connectivity index (χ0v) is 16.7. The molecule has 2 aliphatic rings. The highest BCUT2D eigenvalue weighted by molar-refractivity contribution is 5.96. The summed E-state index contributed by atoms with van der Waals surface area (Å²) in [4.78, 5) is 40.3. The average molecular weight is 371 g/mol. The van der Waals surface area contributed by atoms with E-state index in [0.717, 1.165) is 11.1 Å². The van der Waals surface area contributed by atoms with E-state index in [1.165, 1.54) is 5.56 Å². The van der Waals surface area contributed by atoms with Crippen molar-refractivity contribution in [2.45, 2.75) is 52.0 Å². The summed E-state index contributed by atoms with van der Waals surface area (Å²) in [5.74, 6) is -0.0655. The van der Waals surface area contributed by atoms with Crippen LogP contribution in [0.1, 0.15) is 55.1 Å². The normalized spacial score (nSPS) is 20.6. The van der Waals surface area contributed by atoms with Gasteiger partial charge in [0.2, 0.25) is 11.8 Å². The number of amides is 3. The van der Waals surface area contributed by atoms with E-state index in [9.17, 15) is 14.4 Å². The van der Waals surface area contributed by atoms with Crippen molar-refractivity contribution in [1.82, 2.24) is 15.1 Å². The van der Waals surface area contributed by atoms with E-state index in [-0.39, 0.29) is 23.1 Å². The van der Waals surface area contributed by atoms with Crippen molar-refractivity contribution in [3.05, 3.63) is 34.9 Å². The van der Waals surface area contributed by atoms with Crippen molar-refractivity contribution in [2.75, 3.05) is 26.2 Å². The monoisotopic (exact) mass is 371 g/mol.